The number of hydrogen-bond acceptors (Lipinski definition) is 5. The lowest BCUT2D eigenvalue weighted by atomic mass is 9.99. The number of nitrogens with zero attached hydrogens (tertiary/aromatic N) is 4. The molecule has 0 unspecified atom stereocenters. The van der Waals surface area contributed by atoms with E-state index in [4.69, 9.17) is 4.98 Å². The summed E-state index contributed by atoms with van der Waals surface area (Å²) in [6.45, 7) is 2.39. The van der Waals surface area contributed by atoms with Crippen LogP contribution >= 0.6 is 11.5 Å². The van der Waals surface area contributed by atoms with Crippen LogP contribution in [0.1, 0.15) is 35.4 Å². The number of fused-ring (bicyclic) bond motifs is 1. The summed E-state index contributed by atoms with van der Waals surface area (Å²) in [5.41, 5.74) is 3.85. The molecule has 29 heavy (non-hydrogen) atoms. The van der Waals surface area contributed by atoms with Gasteiger partial charge in [0.2, 0.25) is 11.0 Å². The Morgan fingerprint density at radius 1 is 1.03 bits per heavy atom. The molecule has 0 spiro atoms. The number of carbonyl (C=O) groups is 1. The maximum Gasteiger partial charge on any atom is 0.245 e. The van der Waals surface area contributed by atoms with Crippen LogP contribution in [0, 0.1) is 0 Å². The largest absolute Gasteiger partial charge is 0.336 e. The van der Waals surface area contributed by atoms with Crippen LogP contribution in [0.4, 0.5) is 5.13 Å². The fourth-order valence-electron chi connectivity index (χ4n) is 4.36. The topological polar surface area (TPSA) is 49.3 Å². The van der Waals surface area contributed by atoms with Gasteiger partial charge in [0.1, 0.15) is 11.9 Å². The number of carbonyl (C=O) groups excluding carboxylic acids is 1. The summed E-state index contributed by atoms with van der Waals surface area (Å²) in [6, 6.07) is 18.6. The Balaban J connectivity index is 1.30. The third-order valence-corrected chi connectivity index (χ3v) is 6.68. The molecule has 2 aliphatic rings. The van der Waals surface area contributed by atoms with Gasteiger partial charge in [0.05, 0.1) is 0 Å². The average molecular weight is 405 g/mol. The molecule has 0 aliphatic carbocycles. The first-order chi connectivity index (χ1) is 14.3. The molecule has 148 valence electrons. The second-order valence-corrected chi connectivity index (χ2v) is 8.52. The van der Waals surface area contributed by atoms with Crippen LogP contribution in [0.25, 0.3) is 0 Å². The van der Waals surface area contributed by atoms with E-state index in [1.807, 2.05) is 23.1 Å². The zero-order chi connectivity index (χ0) is 19.6. The number of benzene rings is 2. The van der Waals surface area contributed by atoms with Crippen molar-refractivity contribution in [2.45, 2.75) is 38.3 Å². The summed E-state index contributed by atoms with van der Waals surface area (Å²) >= 11 is 1.42. The molecule has 3 aromatic rings. The van der Waals surface area contributed by atoms with Crippen LogP contribution in [-0.4, -0.2) is 39.3 Å². The van der Waals surface area contributed by atoms with Gasteiger partial charge in [-0.1, -0.05) is 54.6 Å². The maximum absolute atomic E-state index is 13.3. The minimum Gasteiger partial charge on any atom is -0.336 e. The second-order valence-electron chi connectivity index (χ2n) is 7.79. The highest BCUT2D eigenvalue weighted by molar-refractivity contribution is 7.09. The third-order valence-electron chi connectivity index (χ3n) is 5.89. The number of rotatable bonds is 4. The summed E-state index contributed by atoms with van der Waals surface area (Å²) < 4.78 is 4.56. The molecule has 0 N–H and O–H groups in total. The lowest BCUT2D eigenvalue weighted by Gasteiger charge is -2.33. The van der Waals surface area contributed by atoms with Gasteiger partial charge in [-0.3, -0.25) is 4.79 Å². The normalized spacial score (nSPS) is 18.7. The second kappa shape index (κ2) is 7.95. The van der Waals surface area contributed by atoms with Crippen molar-refractivity contribution < 1.29 is 4.79 Å². The molecular formula is C23H24N4OS. The number of amides is 1. The summed E-state index contributed by atoms with van der Waals surface area (Å²) in [5.74, 6) is 1.07. The summed E-state index contributed by atoms with van der Waals surface area (Å²) in [6.07, 6.45) is 3.58. The van der Waals surface area contributed by atoms with Gasteiger partial charge in [0.15, 0.2) is 0 Å². The van der Waals surface area contributed by atoms with E-state index in [9.17, 15) is 4.79 Å². The molecule has 5 rings (SSSR count). The zero-order valence-electron chi connectivity index (χ0n) is 16.3. The predicted molar refractivity (Wildman–Crippen MR) is 115 cm³/mol. The average Bonchev–Trinajstić information content (AvgIpc) is 3.43. The first-order valence-corrected chi connectivity index (χ1v) is 11.0. The molecule has 0 bridgehead atoms. The van der Waals surface area contributed by atoms with Crippen LogP contribution in [0.3, 0.4) is 0 Å². The molecule has 0 radical (unpaired) electrons. The van der Waals surface area contributed by atoms with Gasteiger partial charge in [0.25, 0.3) is 0 Å². The van der Waals surface area contributed by atoms with E-state index < -0.39 is 0 Å². The lowest BCUT2D eigenvalue weighted by Crippen LogP contribution is -2.47. The number of hydrogen-bond donors (Lipinski definition) is 0. The Kier molecular flexibility index (Phi) is 5.02. The Hall–Kier alpha value is -2.73. The maximum atomic E-state index is 13.3. The van der Waals surface area contributed by atoms with Gasteiger partial charge in [-0.25, -0.2) is 4.98 Å². The highest BCUT2D eigenvalue weighted by atomic mass is 32.1. The van der Waals surface area contributed by atoms with Crippen LogP contribution in [0.5, 0.6) is 0 Å². The SMILES string of the molecule is O=C([C@@H]1CCCN1c1nc(Cc2ccccc2)ns1)N1CCc2ccccc2C1. The van der Waals surface area contributed by atoms with E-state index >= 15 is 0 Å². The minimum atomic E-state index is -0.113. The molecule has 1 fully saturated rings. The molecule has 5 nitrogen and oxygen atoms in total. The molecule has 6 heteroatoms. The van der Waals surface area contributed by atoms with E-state index in [1.165, 1.54) is 28.2 Å². The van der Waals surface area contributed by atoms with Crippen molar-refractivity contribution in [1.82, 2.24) is 14.3 Å². The molecule has 1 aromatic heterocycles. The quantitative estimate of drug-likeness (QED) is 0.666. The Morgan fingerprint density at radius 2 is 1.83 bits per heavy atom. The van der Waals surface area contributed by atoms with Crippen molar-refractivity contribution >= 4 is 22.6 Å². The van der Waals surface area contributed by atoms with Gasteiger partial charge in [-0.05, 0) is 36.0 Å². The van der Waals surface area contributed by atoms with Crippen LogP contribution in [-0.2, 0) is 24.2 Å². The predicted octanol–water partition coefficient (Wildman–Crippen LogP) is 3.68. The standard InChI is InChI=1S/C23H24N4OS/c28-22(26-14-12-18-9-4-5-10-19(18)16-26)20-11-6-13-27(20)23-24-21(25-29-23)15-17-7-2-1-3-8-17/h1-5,7-10,20H,6,11-16H2/t20-/m0/s1. The monoisotopic (exact) mass is 404 g/mol. The molecule has 1 amide bonds. The van der Waals surface area contributed by atoms with E-state index in [2.05, 4.69) is 45.7 Å². The van der Waals surface area contributed by atoms with Crippen LogP contribution in [0.2, 0.25) is 0 Å². The van der Waals surface area contributed by atoms with E-state index in [0.717, 1.165) is 49.7 Å². The van der Waals surface area contributed by atoms with Crippen molar-refractivity contribution in [2.24, 2.45) is 0 Å². The van der Waals surface area contributed by atoms with Gasteiger partial charge < -0.3 is 9.80 Å². The van der Waals surface area contributed by atoms with Crippen molar-refractivity contribution in [3.8, 4) is 0 Å². The first kappa shape index (κ1) is 18.3. The molecule has 1 atom stereocenters. The van der Waals surface area contributed by atoms with Crippen molar-refractivity contribution in [1.29, 1.82) is 0 Å². The molecule has 1 saturated heterocycles. The summed E-state index contributed by atoms with van der Waals surface area (Å²) in [5, 5.41) is 0.879. The van der Waals surface area contributed by atoms with E-state index in [0.29, 0.717) is 6.54 Å². The zero-order valence-corrected chi connectivity index (χ0v) is 17.1. The molecule has 0 saturated carbocycles. The number of aromatic nitrogens is 2. The van der Waals surface area contributed by atoms with Gasteiger partial charge >= 0.3 is 0 Å². The van der Waals surface area contributed by atoms with E-state index in [1.54, 1.807) is 0 Å². The van der Waals surface area contributed by atoms with Crippen LogP contribution < -0.4 is 4.90 Å². The smallest absolute Gasteiger partial charge is 0.245 e. The molecule has 2 aromatic carbocycles. The summed E-state index contributed by atoms with van der Waals surface area (Å²) in [7, 11) is 0. The Morgan fingerprint density at radius 3 is 2.69 bits per heavy atom. The van der Waals surface area contributed by atoms with Crippen molar-refractivity contribution in [3.63, 3.8) is 0 Å². The van der Waals surface area contributed by atoms with Crippen molar-refractivity contribution in [3.05, 3.63) is 77.1 Å². The fraction of sp³-hybridized carbons (Fsp3) is 0.348. The first-order valence-electron chi connectivity index (χ1n) is 10.3. The lowest BCUT2D eigenvalue weighted by molar-refractivity contribution is -0.133. The Labute approximate surface area is 175 Å². The van der Waals surface area contributed by atoms with Gasteiger partial charge in [0, 0.05) is 37.6 Å². The van der Waals surface area contributed by atoms with Crippen molar-refractivity contribution in [2.75, 3.05) is 18.0 Å². The highest BCUT2D eigenvalue weighted by Gasteiger charge is 2.36. The summed E-state index contributed by atoms with van der Waals surface area (Å²) in [4.78, 5) is 22.3. The molecular weight excluding hydrogens is 380 g/mol. The minimum absolute atomic E-state index is 0.113. The fourth-order valence-corrected chi connectivity index (χ4v) is 5.12. The Bertz CT molecular complexity index is 1000. The van der Waals surface area contributed by atoms with E-state index in [-0.39, 0.29) is 11.9 Å². The number of anilines is 1. The molecule has 3 heterocycles. The molecule has 2 aliphatic heterocycles. The highest BCUT2D eigenvalue weighted by Crippen LogP contribution is 2.30. The van der Waals surface area contributed by atoms with Gasteiger partial charge in [-0.2, -0.15) is 4.37 Å². The third kappa shape index (κ3) is 3.77. The van der Waals surface area contributed by atoms with Crippen LogP contribution in [0.15, 0.2) is 54.6 Å². The van der Waals surface area contributed by atoms with Gasteiger partial charge in [-0.15, -0.1) is 0 Å².